The number of likely N-dealkylation sites (N-methyl/N-ethyl adjacent to an activating group) is 1. The monoisotopic (exact) mass is 371 g/mol. The first kappa shape index (κ1) is 17.9. The van der Waals surface area contributed by atoms with Crippen molar-refractivity contribution in [2.45, 2.75) is 0 Å². The molecular weight excluding hydrogens is 354 g/mol. The fourth-order valence-corrected chi connectivity index (χ4v) is 2.86. The van der Waals surface area contributed by atoms with Crippen molar-refractivity contribution in [3.05, 3.63) is 65.2 Å². The van der Waals surface area contributed by atoms with E-state index >= 15 is 0 Å². The van der Waals surface area contributed by atoms with Gasteiger partial charge in [-0.2, -0.15) is 0 Å². The highest BCUT2D eigenvalue weighted by atomic mass is 35.5. The van der Waals surface area contributed by atoms with E-state index in [4.69, 9.17) is 11.6 Å². The molecule has 2 aromatic carbocycles. The maximum absolute atomic E-state index is 12.5. The van der Waals surface area contributed by atoms with E-state index in [9.17, 15) is 14.4 Å². The topological polar surface area (TPSA) is 60.9 Å². The second-order valence-corrected chi connectivity index (χ2v) is 6.49. The summed E-state index contributed by atoms with van der Waals surface area (Å²) in [4.78, 5) is 41.4. The molecule has 3 rings (SSSR count). The summed E-state index contributed by atoms with van der Waals surface area (Å²) in [6.07, 6.45) is 0. The van der Waals surface area contributed by atoms with Crippen LogP contribution >= 0.6 is 11.6 Å². The Morgan fingerprint density at radius 3 is 2.38 bits per heavy atom. The Balaban J connectivity index is 1.63. The number of carbonyl (C=O) groups is 3. The molecule has 1 fully saturated rings. The van der Waals surface area contributed by atoms with Gasteiger partial charge in [0.1, 0.15) is 13.2 Å². The van der Waals surface area contributed by atoms with Crippen molar-refractivity contribution in [3.63, 3.8) is 0 Å². The molecule has 0 saturated carbocycles. The van der Waals surface area contributed by atoms with Crippen LogP contribution in [0.15, 0.2) is 54.6 Å². The molecule has 0 N–H and O–H groups in total. The number of halogens is 1. The van der Waals surface area contributed by atoms with E-state index in [-0.39, 0.29) is 37.5 Å². The molecule has 2 aromatic rings. The van der Waals surface area contributed by atoms with Crippen molar-refractivity contribution in [1.29, 1.82) is 0 Å². The average molecular weight is 372 g/mol. The zero-order chi connectivity index (χ0) is 18.7. The van der Waals surface area contributed by atoms with Crippen molar-refractivity contribution in [1.82, 2.24) is 9.80 Å². The molecule has 0 aliphatic carbocycles. The number of anilines is 1. The van der Waals surface area contributed by atoms with E-state index in [0.717, 1.165) is 0 Å². The van der Waals surface area contributed by atoms with Gasteiger partial charge in [-0.15, -0.1) is 0 Å². The zero-order valence-corrected chi connectivity index (χ0v) is 15.0. The smallest absolute Gasteiger partial charge is 0.254 e. The Hall–Kier alpha value is -2.86. The van der Waals surface area contributed by atoms with Crippen LogP contribution in [-0.4, -0.2) is 54.3 Å². The third-order valence-corrected chi connectivity index (χ3v) is 4.42. The minimum atomic E-state index is -0.276. The molecule has 0 atom stereocenters. The Kier molecular flexibility index (Phi) is 5.23. The third kappa shape index (κ3) is 3.86. The summed E-state index contributed by atoms with van der Waals surface area (Å²) in [7, 11) is 1.57. The van der Waals surface area contributed by atoms with E-state index in [1.807, 2.05) is 6.07 Å². The van der Waals surface area contributed by atoms with Crippen LogP contribution in [0, 0.1) is 0 Å². The highest BCUT2D eigenvalue weighted by Gasteiger charge is 2.32. The highest BCUT2D eigenvalue weighted by molar-refractivity contribution is 6.30. The maximum Gasteiger partial charge on any atom is 0.254 e. The number of hydrogen-bond acceptors (Lipinski definition) is 3. The zero-order valence-electron chi connectivity index (χ0n) is 14.3. The summed E-state index contributed by atoms with van der Waals surface area (Å²) >= 11 is 5.87. The SMILES string of the molecule is CN(CC(=O)N1CC(=O)N(c2ccc(Cl)cc2)C1)C(=O)c1ccccc1. The van der Waals surface area contributed by atoms with Crippen LogP contribution in [-0.2, 0) is 9.59 Å². The Labute approximate surface area is 156 Å². The Morgan fingerprint density at radius 1 is 1.08 bits per heavy atom. The van der Waals surface area contributed by atoms with Gasteiger partial charge in [0.05, 0.1) is 6.54 Å². The van der Waals surface area contributed by atoms with E-state index < -0.39 is 0 Å². The van der Waals surface area contributed by atoms with Crippen molar-refractivity contribution in [2.24, 2.45) is 0 Å². The maximum atomic E-state index is 12.5. The first-order valence-corrected chi connectivity index (χ1v) is 8.48. The summed E-state index contributed by atoms with van der Waals surface area (Å²) < 4.78 is 0. The second-order valence-electron chi connectivity index (χ2n) is 6.06. The van der Waals surface area contributed by atoms with Crippen LogP contribution in [0.1, 0.15) is 10.4 Å². The van der Waals surface area contributed by atoms with Gasteiger partial charge in [0.25, 0.3) is 5.91 Å². The number of carbonyl (C=O) groups excluding carboxylic acids is 3. The summed E-state index contributed by atoms with van der Waals surface area (Å²) in [5.41, 5.74) is 1.20. The van der Waals surface area contributed by atoms with Gasteiger partial charge in [-0.05, 0) is 36.4 Å². The lowest BCUT2D eigenvalue weighted by Crippen LogP contribution is -2.40. The van der Waals surface area contributed by atoms with Crippen LogP contribution in [0.25, 0.3) is 0 Å². The second kappa shape index (κ2) is 7.58. The van der Waals surface area contributed by atoms with Crippen LogP contribution in [0.3, 0.4) is 0 Å². The number of amides is 3. The predicted molar refractivity (Wildman–Crippen MR) is 98.9 cm³/mol. The number of nitrogens with zero attached hydrogens (tertiary/aromatic N) is 3. The quantitative estimate of drug-likeness (QED) is 0.828. The summed E-state index contributed by atoms with van der Waals surface area (Å²) in [5.74, 6) is -0.682. The van der Waals surface area contributed by atoms with E-state index in [0.29, 0.717) is 16.3 Å². The molecule has 26 heavy (non-hydrogen) atoms. The molecule has 0 aromatic heterocycles. The summed E-state index contributed by atoms with van der Waals surface area (Å²) in [5, 5.41) is 0.578. The molecule has 1 saturated heterocycles. The van der Waals surface area contributed by atoms with Crippen LogP contribution < -0.4 is 4.90 Å². The lowest BCUT2D eigenvalue weighted by Gasteiger charge is -2.22. The first-order valence-electron chi connectivity index (χ1n) is 8.10. The molecule has 6 nitrogen and oxygen atoms in total. The van der Waals surface area contributed by atoms with Gasteiger partial charge in [-0.25, -0.2) is 0 Å². The molecule has 1 aliphatic heterocycles. The Bertz CT molecular complexity index is 824. The lowest BCUT2D eigenvalue weighted by molar-refractivity contribution is -0.132. The minimum absolute atomic E-state index is 0.00513. The van der Waals surface area contributed by atoms with Crippen molar-refractivity contribution < 1.29 is 14.4 Å². The van der Waals surface area contributed by atoms with Crippen molar-refractivity contribution in [3.8, 4) is 0 Å². The predicted octanol–water partition coefficient (Wildman–Crippen LogP) is 2.24. The molecule has 0 radical (unpaired) electrons. The summed E-state index contributed by atoms with van der Waals surface area (Å²) in [6, 6.07) is 15.6. The number of rotatable bonds is 4. The molecule has 1 aliphatic rings. The minimum Gasteiger partial charge on any atom is -0.332 e. The van der Waals surface area contributed by atoms with Crippen molar-refractivity contribution >= 4 is 35.0 Å². The third-order valence-electron chi connectivity index (χ3n) is 4.17. The van der Waals surface area contributed by atoms with Gasteiger partial charge in [0.2, 0.25) is 11.8 Å². The Morgan fingerprint density at radius 2 is 1.73 bits per heavy atom. The van der Waals surface area contributed by atoms with E-state index in [1.165, 1.54) is 14.7 Å². The molecule has 1 heterocycles. The molecular formula is C19H18ClN3O3. The van der Waals surface area contributed by atoms with Crippen LogP contribution in [0.2, 0.25) is 5.02 Å². The lowest BCUT2D eigenvalue weighted by atomic mass is 10.2. The van der Waals surface area contributed by atoms with Crippen LogP contribution in [0.4, 0.5) is 5.69 Å². The van der Waals surface area contributed by atoms with E-state index in [1.54, 1.807) is 55.6 Å². The van der Waals surface area contributed by atoms with Crippen LogP contribution in [0.5, 0.6) is 0 Å². The standard InChI is InChI=1S/C19H18ClN3O3/c1-21(19(26)14-5-3-2-4-6-14)11-17(24)22-12-18(25)23(13-22)16-9-7-15(20)8-10-16/h2-10H,11-13H2,1H3. The average Bonchev–Trinajstić information content (AvgIpc) is 3.04. The molecule has 3 amide bonds. The molecule has 0 spiro atoms. The van der Waals surface area contributed by atoms with Gasteiger partial charge < -0.3 is 9.80 Å². The summed E-state index contributed by atoms with van der Waals surface area (Å²) in [6.45, 7) is 0.0664. The molecule has 7 heteroatoms. The van der Waals surface area contributed by atoms with Gasteiger partial charge in [0, 0.05) is 23.3 Å². The van der Waals surface area contributed by atoms with Gasteiger partial charge in [0.15, 0.2) is 0 Å². The fourth-order valence-electron chi connectivity index (χ4n) is 2.74. The van der Waals surface area contributed by atoms with Gasteiger partial charge >= 0.3 is 0 Å². The van der Waals surface area contributed by atoms with Gasteiger partial charge in [-0.3, -0.25) is 19.3 Å². The number of hydrogen-bond donors (Lipinski definition) is 0. The molecule has 134 valence electrons. The molecule has 0 unspecified atom stereocenters. The largest absolute Gasteiger partial charge is 0.332 e. The number of benzene rings is 2. The van der Waals surface area contributed by atoms with Gasteiger partial charge in [-0.1, -0.05) is 29.8 Å². The molecule has 0 bridgehead atoms. The van der Waals surface area contributed by atoms with Crippen molar-refractivity contribution in [2.75, 3.05) is 31.7 Å². The van der Waals surface area contributed by atoms with E-state index in [2.05, 4.69) is 0 Å². The fraction of sp³-hybridized carbons (Fsp3) is 0.211. The highest BCUT2D eigenvalue weighted by Crippen LogP contribution is 2.21. The first-order chi connectivity index (χ1) is 12.5. The normalized spacial score (nSPS) is 13.8.